The molecule has 0 aliphatic heterocycles. The van der Waals surface area contributed by atoms with Crippen molar-refractivity contribution in [3.05, 3.63) is 94.0 Å². The molecule has 192 valence electrons. The average Bonchev–Trinajstić information content (AvgIpc) is 2.83. The Labute approximate surface area is 217 Å². The van der Waals surface area contributed by atoms with Gasteiger partial charge in [0.2, 0.25) is 0 Å². The van der Waals surface area contributed by atoms with Gasteiger partial charge in [0, 0.05) is 4.47 Å². The highest BCUT2D eigenvalue weighted by molar-refractivity contribution is 9.10. The van der Waals surface area contributed by atoms with Crippen molar-refractivity contribution in [1.82, 2.24) is 25.1 Å². The summed E-state index contributed by atoms with van der Waals surface area (Å²) in [5.74, 6) is -0.880. The van der Waals surface area contributed by atoms with Gasteiger partial charge in [0.25, 0.3) is 26.0 Å². The Morgan fingerprint density at radius 3 is 1.56 bits per heavy atom. The van der Waals surface area contributed by atoms with Gasteiger partial charge in [-0.05, 0) is 66.2 Å². The monoisotopic (exact) mass is 615 g/mol. The van der Waals surface area contributed by atoms with Crippen molar-refractivity contribution in [1.29, 1.82) is 0 Å². The van der Waals surface area contributed by atoms with Crippen LogP contribution in [0.15, 0.2) is 87.1 Å². The first-order chi connectivity index (χ1) is 16.8. The molecule has 0 saturated heterocycles. The van der Waals surface area contributed by atoms with Crippen LogP contribution in [0.5, 0.6) is 0 Å². The molecular formula is C21H23BrN5O6PS2. The Morgan fingerprint density at radius 2 is 1.14 bits per heavy atom. The highest BCUT2D eigenvalue weighted by Crippen LogP contribution is 2.31. The van der Waals surface area contributed by atoms with E-state index >= 15 is 0 Å². The third kappa shape index (κ3) is 7.31. The van der Waals surface area contributed by atoms with E-state index in [-0.39, 0.29) is 15.4 Å². The fraction of sp³-hybridized carbons (Fsp3) is 0.0952. The van der Waals surface area contributed by atoms with Gasteiger partial charge in [0.15, 0.2) is 0 Å². The largest absolute Gasteiger partial charge is 0.333 e. The Kier molecular flexibility index (Phi) is 8.85. The number of nitrogens with one attached hydrogen (secondary N) is 5. The molecule has 3 aromatic rings. The predicted molar refractivity (Wildman–Crippen MR) is 138 cm³/mol. The smallest absolute Gasteiger partial charge is 0.277 e. The second kappa shape index (κ2) is 11.3. The Balaban J connectivity index is 1.86. The Hall–Kier alpha value is -2.42. The molecule has 0 fully saturated rings. The van der Waals surface area contributed by atoms with Crippen LogP contribution in [0.4, 0.5) is 0 Å². The maximum atomic E-state index is 13.5. The van der Waals surface area contributed by atoms with Crippen molar-refractivity contribution < 1.29 is 26.2 Å². The topological polar surface area (TPSA) is 163 Å². The minimum absolute atomic E-state index is 0.0732. The van der Waals surface area contributed by atoms with Gasteiger partial charge in [0.05, 0.1) is 15.4 Å². The van der Waals surface area contributed by atoms with Gasteiger partial charge in [-0.3, -0.25) is 14.4 Å². The molecule has 0 radical (unpaired) electrons. The number of carbonyl (C=O) groups is 1. The summed E-state index contributed by atoms with van der Waals surface area (Å²) in [6.07, 6.45) is 0. The average molecular weight is 616 g/mol. The molecule has 0 aliphatic carbocycles. The molecule has 5 N–H and O–H groups in total. The van der Waals surface area contributed by atoms with Crippen LogP contribution in [0.2, 0.25) is 0 Å². The van der Waals surface area contributed by atoms with Gasteiger partial charge in [-0.2, -0.15) is 10.4 Å². The van der Waals surface area contributed by atoms with E-state index in [1.165, 1.54) is 30.3 Å². The zero-order chi connectivity index (χ0) is 26.6. The quantitative estimate of drug-likeness (QED) is 0.172. The lowest BCUT2D eigenvalue weighted by atomic mass is 10.2. The highest BCUT2D eigenvalue weighted by Gasteiger charge is 2.30. The third-order valence-corrected chi connectivity index (χ3v) is 9.61. The minimum atomic E-state index is -4.51. The van der Waals surface area contributed by atoms with Crippen LogP contribution in [0.1, 0.15) is 21.5 Å². The maximum absolute atomic E-state index is 13.5. The summed E-state index contributed by atoms with van der Waals surface area (Å²) in [5.41, 5.74) is 1.71. The lowest BCUT2D eigenvalue weighted by molar-refractivity contribution is 0.0978. The van der Waals surface area contributed by atoms with Crippen molar-refractivity contribution in [3.8, 4) is 0 Å². The molecule has 0 saturated carbocycles. The number of hydrogen-bond donors (Lipinski definition) is 5. The van der Waals surface area contributed by atoms with Crippen LogP contribution in [-0.2, 0) is 24.6 Å². The second-order valence-corrected chi connectivity index (χ2v) is 13.7. The van der Waals surface area contributed by atoms with Gasteiger partial charge in [-0.1, -0.05) is 47.5 Å². The van der Waals surface area contributed by atoms with Crippen LogP contribution < -0.4 is 25.1 Å². The molecule has 11 nitrogen and oxygen atoms in total. The van der Waals surface area contributed by atoms with E-state index in [1.54, 1.807) is 56.3 Å². The third-order valence-electron chi connectivity index (χ3n) is 4.71. The van der Waals surface area contributed by atoms with Gasteiger partial charge in [-0.25, -0.2) is 16.8 Å². The van der Waals surface area contributed by atoms with Crippen LogP contribution in [0, 0.1) is 13.8 Å². The van der Waals surface area contributed by atoms with Crippen LogP contribution in [0.3, 0.4) is 0 Å². The van der Waals surface area contributed by atoms with E-state index in [9.17, 15) is 26.2 Å². The minimum Gasteiger partial charge on any atom is -0.277 e. The molecule has 0 spiro atoms. The molecule has 36 heavy (non-hydrogen) atoms. The first-order valence-electron chi connectivity index (χ1n) is 10.2. The van der Waals surface area contributed by atoms with Crippen LogP contribution in [-0.4, -0.2) is 22.7 Å². The van der Waals surface area contributed by atoms with Gasteiger partial charge < -0.3 is 0 Å². The van der Waals surface area contributed by atoms with Gasteiger partial charge in [-0.15, -0.1) is 9.66 Å². The molecule has 0 unspecified atom stereocenters. The molecule has 15 heteroatoms. The zero-order valence-corrected chi connectivity index (χ0v) is 23.1. The molecule has 0 heterocycles. The summed E-state index contributed by atoms with van der Waals surface area (Å²) in [4.78, 5) is 16.4. The number of halogens is 1. The fourth-order valence-electron chi connectivity index (χ4n) is 2.73. The lowest BCUT2D eigenvalue weighted by Gasteiger charge is -2.22. The first kappa shape index (κ1) is 28.2. The van der Waals surface area contributed by atoms with Crippen molar-refractivity contribution in [2.45, 2.75) is 23.6 Å². The first-order valence-corrected chi connectivity index (χ1v) is 15.7. The standard InChI is InChI=1S/C21H23BrN5O6PS2/c1-15-7-11-17(12-8-15)35(30,31)26-24-34(29,23-21(28)19-5-3-4-6-20(19)22)25-27-36(32,33)18-13-9-16(2)10-14-18/h3-14,26-27H,1-2H3,(H3,23,24,25,28,29). The van der Waals surface area contributed by atoms with E-state index in [4.69, 9.17) is 0 Å². The normalized spacial score (nSPS) is 12.3. The second-order valence-electron chi connectivity index (χ2n) is 7.59. The van der Waals surface area contributed by atoms with Crippen molar-refractivity contribution in [2.75, 3.05) is 0 Å². The summed E-state index contributed by atoms with van der Waals surface area (Å²) in [5, 5.41) is 6.20. The molecule has 1 amide bonds. The summed E-state index contributed by atoms with van der Waals surface area (Å²) in [7, 11) is -13.0. The zero-order valence-electron chi connectivity index (χ0n) is 19.0. The molecule has 0 bridgehead atoms. The van der Waals surface area contributed by atoms with Crippen molar-refractivity contribution in [2.24, 2.45) is 0 Å². The SMILES string of the molecule is Cc1ccc(S(=O)(=O)NNP(=O)(NNS(=O)(=O)c2ccc(C)cc2)NC(=O)c2ccccc2Br)cc1. The number of amides is 1. The molecule has 3 aromatic carbocycles. The molecule has 3 rings (SSSR count). The lowest BCUT2D eigenvalue weighted by Crippen LogP contribution is -2.49. The molecule has 0 aliphatic rings. The fourth-order valence-corrected chi connectivity index (χ4v) is 6.99. The number of aryl methyl sites for hydroxylation is 2. The summed E-state index contributed by atoms with van der Waals surface area (Å²) in [6.45, 7) is 3.55. The van der Waals surface area contributed by atoms with E-state index in [2.05, 4.69) is 21.0 Å². The van der Waals surface area contributed by atoms with Crippen LogP contribution >= 0.6 is 23.5 Å². The van der Waals surface area contributed by atoms with Crippen molar-refractivity contribution >= 4 is 49.5 Å². The highest BCUT2D eigenvalue weighted by atomic mass is 79.9. The maximum Gasteiger partial charge on any atom is 0.333 e. The number of benzene rings is 3. The molecule has 0 atom stereocenters. The number of rotatable bonds is 10. The summed E-state index contributed by atoms with van der Waals surface area (Å²) < 4.78 is 64.6. The molecular weight excluding hydrogens is 593 g/mol. The number of hydrogen-bond acceptors (Lipinski definition) is 6. The predicted octanol–water partition coefficient (Wildman–Crippen LogP) is 2.87. The Morgan fingerprint density at radius 1 is 0.722 bits per heavy atom. The van der Waals surface area contributed by atoms with Gasteiger partial charge >= 0.3 is 7.59 Å². The van der Waals surface area contributed by atoms with Crippen molar-refractivity contribution in [3.63, 3.8) is 0 Å². The van der Waals surface area contributed by atoms with E-state index in [0.29, 0.717) is 4.47 Å². The van der Waals surface area contributed by atoms with E-state index in [0.717, 1.165) is 11.1 Å². The number of hydrazine groups is 2. The van der Waals surface area contributed by atoms with E-state index < -0.39 is 33.5 Å². The van der Waals surface area contributed by atoms with E-state index in [1.807, 2.05) is 20.1 Å². The molecule has 0 aromatic heterocycles. The number of carbonyl (C=O) groups excluding carboxylic acids is 1. The number of sulfonamides is 2. The summed E-state index contributed by atoms with van der Waals surface area (Å²) >= 11 is 3.20. The van der Waals surface area contributed by atoms with Gasteiger partial charge in [0.1, 0.15) is 0 Å². The summed E-state index contributed by atoms with van der Waals surface area (Å²) in [6, 6.07) is 17.8. The van der Waals surface area contributed by atoms with Crippen LogP contribution in [0.25, 0.3) is 0 Å². The Bertz CT molecular complexity index is 1430.